The average Bonchev–Trinajstić information content (AvgIpc) is 2.98. The molecule has 3 heteroatoms. The van der Waals surface area contributed by atoms with Gasteiger partial charge in [-0.3, -0.25) is 4.90 Å². The van der Waals surface area contributed by atoms with E-state index in [1.165, 1.54) is 18.4 Å². The minimum absolute atomic E-state index is 0.521. The molecule has 2 rings (SSSR count). The van der Waals surface area contributed by atoms with Gasteiger partial charge in [0.25, 0.3) is 0 Å². The Labute approximate surface area is 97.8 Å². The Balaban J connectivity index is 1.81. The molecule has 1 fully saturated rings. The molecular weight excluding hydrogens is 200 g/mol. The number of hydrogen-bond donors (Lipinski definition) is 1. The van der Waals surface area contributed by atoms with Crippen LogP contribution in [0.1, 0.15) is 38.0 Å². The van der Waals surface area contributed by atoms with E-state index < -0.39 is 0 Å². The highest BCUT2D eigenvalue weighted by atomic mass is 16.3. The van der Waals surface area contributed by atoms with Gasteiger partial charge in [0.2, 0.25) is 0 Å². The molecule has 0 amide bonds. The molecule has 3 nitrogen and oxygen atoms in total. The van der Waals surface area contributed by atoms with Crippen molar-refractivity contribution in [2.24, 2.45) is 0 Å². The van der Waals surface area contributed by atoms with E-state index in [1.54, 1.807) is 0 Å². The van der Waals surface area contributed by atoms with Crippen molar-refractivity contribution in [3.63, 3.8) is 0 Å². The van der Waals surface area contributed by atoms with Crippen LogP contribution in [0.25, 0.3) is 0 Å². The van der Waals surface area contributed by atoms with Crippen LogP contribution in [0.2, 0.25) is 0 Å². The van der Waals surface area contributed by atoms with E-state index in [9.17, 15) is 0 Å². The first-order valence-corrected chi connectivity index (χ1v) is 6.15. The maximum atomic E-state index is 5.56. The molecule has 1 aromatic heterocycles. The average molecular weight is 222 g/mol. The predicted molar refractivity (Wildman–Crippen MR) is 65.2 cm³/mol. The van der Waals surface area contributed by atoms with Crippen molar-refractivity contribution in [2.75, 3.05) is 7.05 Å². The zero-order valence-corrected chi connectivity index (χ0v) is 10.5. The molecule has 16 heavy (non-hydrogen) atoms. The van der Waals surface area contributed by atoms with Crippen molar-refractivity contribution in [1.29, 1.82) is 0 Å². The molecule has 0 radical (unpaired) electrons. The van der Waals surface area contributed by atoms with Gasteiger partial charge in [0.15, 0.2) is 0 Å². The van der Waals surface area contributed by atoms with Gasteiger partial charge in [-0.15, -0.1) is 0 Å². The molecular formula is C13H22N2O. The number of furan rings is 1. The first kappa shape index (κ1) is 11.7. The van der Waals surface area contributed by atoms with E-state index in [0.717, 1.165) is 24.9 Å². The van der Waals surface area contributed by atoms with Gasteiger partial charge in [-0.2, -0.15) is 0 Å². The van der Waals surface area contributed by atoms with Crippen molar-refractivity contribution in [3.05, 3.63) is 23.7 Å². The zero-order valence-electron chi connectivity index (χ0n) is 10.5. The molecule has 0 unspecified atom stereocenters. The van der Waals surface area contributed by atoms with E-state index in [-0.39, 0.29) is 0 Å². The smallest absolute Gasteiger partial charge is 0.118 e. The molecule has 0 spiro atoms. The van der Waals surface area contributed by atoms with Crippen LogP contribution < -0.4 is 5.32 Å². The standard InChI is InChI=1S/C13H22N2O/c1-10(2)14-7-11-6-13(16-9-11)8-15(3)12-4-5-12/h6,9-10,12,14H,4-5,7-8H2,1-3H3. The molecule has 1 aliphatic rings. The Morgan fingerprint density at radius 3 is 2.88 bits per heavy atom. The Hall–Kier alpha value is -0.800. The highest BCUT2D eigenvalue weighted by molar-refractivity contribution is 5.13. The summed E-state index contributed by atoms with van der Waals surface area (Å²) < 4.78 is 5.56. The molecule has 0 bridgehead atoms. The highest BCUT2D eigenvalue weighted by Crippen LogP contribution is 2.26. The summed E-state index contributed by atoms with van der Waals surface area (Å²) in [6.45, 7) is 6.14. The van der Waals surface area contributed by atoms with E-state index in [1.807, 2.05) is 6.26 Å². The predicted octanol–water partition coefficient (Wildman–Crippen LogP) is 2.37. The number of nitrogens with one attached hydrogen (secondary N) is 1. The van der Waals surface area contributed by atoms with Crippen molar-refractivity contribution in [3.8, 4) is 0 Å². The molecule has 90 valence electrons. The lowest BCUT2D eigenvalue weighted by atomic mass is 10.3. The fourth-order valence-electron chi connectivity index (χ4n) is 1.81. The lowest BCUT2D eigenvalue weighted by Crippen LogP contribution is -2.21. The SMILES string of the molecule is CC(C)NCc1coc(CN(C)C2CC2)c1. The van der Waals surface area contributed by atoms with E-state index in [0.29, 0.717) is 6.04 Å². The highest BCUT2D eigenvalue weighted by Gasteiger charge is 2.26. The molecule has 0 aliphatic heterocycles. The molecule has 1 heterocycles. The molecule has 1 N–H and O–H groups in total. The summed E-state index contributed by atoms with van der Waals surface area (Å²) in [5.41, 5.74) is 1.24. The lowest BCUT2D eigenvalue weighted by molar-refractivity contribution is 0.286. The summed E-state index contributed by atoms with van der Waals surface area (Å²) in [6.07, 6.45) is 4.56. The third-order valence-corrected chi connectivity index (χ3v) is 3.00. The minimum atomic E-state index is 0.521. The van der Waals surface area contributed by atoms with Crippen LogP contribution in [0.3, 0.4) is 0 Å². The van der Waals surface area contributed by atoms with Gasteiger partial charge in [0, 0.05) is 24.2 Å². The zero-order chi connectivity index (χ0) is 11.5. The summed E-state index contributed by atoms with van der Waals surface area (Å²) in [4.78, 5) is 2.37. The fraction of sp³-hybridized carbons (Fsp3) is 0.692. The molecule has 1 aliphatic carbocycles. The van der Waals surface area contributed by atoms with E-state index >= 15 is 0 Å². The molecule has 0 aromatic carbocycles. The third-order valence-electron chi connectivity index (χ3n) is 3.00. The maximum Gasteiger partial charge on any atom is 0.118 e. The molecule has 1 saturated carbocycles. The van der Waals surface area contributed by atoms with Crippen LogP contribution in [0.5, 0.6) is 0 Å². The van der Waals surface area contributed by atoms with Crippen LogP contribution in [-0.4, -0.2) is 24.0 Å². The Morgan fingerprint density at radius 1 is 1.50 bits per heavy atom. The van der Waals surface area contributed by atoms with Gasteiger partial charge in [-0.1, -0.05) is 13.8 Å². The Kier molecular flexibility index (Phi) is 3.66. The van der Waals surface area contributed by atoms with Crippen LogP contribution >= 0.6 is 0 Å². The molecule has 0 atom stereocenters. The van der Waals surface area contributed by atoms with Crippen LogP contribution in [0.15, 0.2) is 16.7 Å². The quantitative estimate of drug-likeness (QED) is 0.801. The van der Waals surface area contributed by atoms with Crippen LogP contribution in [-0.2, 0) is 13.1 Å². The fourth-order valence-corrected chi connectivity index (χ4v) is 1.81. The maximum absolute atomic E-state index is 5.56. The number of rotatable bonds is 6. The monoisotopic (exact) mass is 222 g/mol. The van der Waals surface area contributed by atoms with Gasteiger partial charge < -0.3 is 9.73 Å². The van der Waals surface area contributed by atoms with Crippen molar-refractivity contribution < 1.29 is 4.42 Å². The Morgan fingerprint density at radius 2 is 2.25 bits per heavy atom. The van der Waals surface area contributed by atoms with Crippen molar-refractivity contribution in [2.45, 2.75) is 51.9 Å². The van der Waals surface area contributed by atoms with Crippen molar-refractivity contribution >= 4 is 0 Å². The van der Waals surface area contributed by atoms with Gasteiger partial charge >= 0.3 is 0 Å². The number of hydrogen-bond acceptors (Lipinski definition) is 3. The largest absolute Gasteiger partial charge is 0.468 e. The first-order valence-electron chi connectivity index (χ1n) is 6.15. The summed E-state index contributed by atoms with van der Waals surface area (Å²) >= 11 is 0. The van der Waals surface area contributed by atoms with Gasteiger partial charge in [-0.05, 0) is 26.0 Å². The number of nitrogens with zero attached hydrogens (tertiary/aromatic N) is 1. The van der Waals surface area contributed by atoms with Gasteiger partial charge in [0.1, 0.15) is 5.76 Å². The van der Waals surface area contributed by atoms with E-state index in [4.69, 9.17) is 4.42 Å². The van der Waals surface area contributed by atoms with Gasteiger partial charge in [0.05, 0.1) is 12.8 Å². The van der Waals surface area contributed by atoms with E-state index in [2.05, 4.69) is 37.2 Å². The first-order chi connectivity index (χ1) is 7.65. The molecule has 1 aromatic rings. The normalized spacial score (nSPS) is 16.3. The van der Waals surface area contributed by atoms with Crippen LogP contribution in [0.4, 0.5) is 0 Å². The topological polar surface area (TPSA) is 28.4 Å². The Bertz CT molecular complexity index is 328. The lowest BCUT2D eigenvalue weighted by Gasteiger charge is -2.12. The summed E-state index contributed by atoms with van der Waals surface area (Å²) in [6, 6.07) is 3.48. The molecule has 0 saturated heterocycles. The second-order valence-electron chi connectivity index (χ2n) is 5.10. The van der Waals surface area contributed by atoms with Crippen molar-refractivity contribution in [1.82, 2.24) is 10.2 Å². The second kappa shape index (κ2) is 5.02. The summed E-state index contributed by atoms with van der Waals surface area (Å²) in [5.74, 6) is 1.08. The summed E-state index contributed by atoms with van der Waals surface area (Å²) in [7, 11) is 2.17. The summed E-state index contributed by atoms with van der Waals surface area (Å²) in [5, 5.41) is 3.39. The van der Waals surface area contributed by atoms with Crippen LogP contribution in [0, 0.1) is 0 Å². The third kappa shape index (κ3) is 3.35. The minimum Gasteiger partial charge on any atom is -0.468 e. The van der Waals surface area contributed by atoms with Gasteiger partial charge in [-0.25, -0.2) is 0 Å². The second-order valence-corrected chi connectivity index (χ2v) is 5.10.